The maximum atomic E-state index is 4.98. The number of rotatable bonds is 11. The van der Waals surface area contributed by atoms with Crippen molar-refractivity contribution in [3.8, 4) is 135 Å². The van der Waals surface area contributed by atoms with Crippen LogP contribution in [-0.4, -0.2) is 29.9 Å². The first-order valence-corrected chi connectivity index (χ1v) is 52.0. The zero-order chi connectivity index (χ0) is 101. The number of fused-ring (bicyclic) bond motifs is 24. The molecule has 0 radical (unpaired) electrons. The van der Waals surface area contributed by atoms with Crippen molar-refractivity contribution in [2.45, 2.75) is 135 Å². The number of nitrogens with zero attached hydrogens (tertiary/aromatic N) is 7. The highest BCUT2D eigenvalue weighted by molar-refractivity contribution is 6.18. The van der Waals surface area contributed by atoms with E-state index in [1.54, 1.807) is 0 Å². The lowest BCUT2D eigenvalue weighted by Gasteiger charge is -2.50. The summed E-state index contributed by atoms with van der Waals surface area (Å²) in [6, 6.07) is 160. The van der Waals surface area contributed by atoms with E-state index in [9.17, 15) is 0 Å². The van der Waals surface area contributed by atoms with E-state index in [2.05, 4.69) is 423 Å². The number of hydrogen-bond donors (Lipinski definition) is 0. The van der Waals surface area contributed by atoms with E-state index in [4.69, 9.17) is 29.9 Å². The molecule has 0 amide bonds. The number of para-hydroxylation sites is 1. The first-order valence-electron chi connectivity index (χ1n) is 52.0. The van der Waals surface area contributed by atoms with Crippen LogP contribution in [0.5, 0.6) is 0 Å². The Hall–Kier alpha value is -17.0. The molecule has 0 bridgehead atoms. The minimum atomic E-state index is -0.171. The van der Waals surface area contributed by atoms with Gasteiger partial charge >= 0.3 is 0 Å². The first kappa shape index (κ1) is 92.1. The molecule has 21 aromatic carbocycles. The number of benzene rings is 21. The number of hydrogen-bond acceptors (Lipinski definition) is 7. The molecule has 0 fully saturated rings. The summed E-state index contributed by atoms with van der Waals surface area (Å²) >= 11 is 0. The monoisotopic (exact) mass is 1910 g/mol. The van der Waals surface area contributed by atoms with Crippen LogP contribution >= 0.6 is 0 Å². The quantitative estimate of drug-likeness (QED) is 0.119. The molecule has 4 aliphatic carbocycles. The molecule has 27 rings (SSSR count). The van der Waals surface area contributed by atoms with Crippen molar-refractivity contribution in [1.29, 1.82) is 0 Å². The molecule has 23 aromatic rings. The van der Waals surface area contributed by atoms with Gasteiger partial charge in [-0.25, -0.2) is 29.9 Å². The second kappa shape index (κ2) is 35.2. The van der Waals surface area contributed by atoms with E-state index in [0.29, 0.717) is 34.9 Å². The maximum Gasteiger partial charge on any atom is 0.164 e. The van der Waals surface area contributed by atoms with Crippen LogP contribution < -0.4 is 4.90 Å². The van der Waals surface area contributed by atoms with Crippen LogP contribution in [0.15, 0.2) is 443 Å². The third-order valence-corrected chi connectivity index (χ3v) is 34.8. The molecule has 148 heavy (non-hydrogen) atoms. The van der Waals surface area contributed by atoms with Crippen molar-refractivity contribution in [3.05, 3.63) is 487 Å². The van der Waals surface area contributed by atoms with Crippen LogP contribution in [0, 0.1) is 0 Å². The summed E-state index contributed by atoms with van der Waals surface area (Å²) in [5, 5.41) is 15.4. The Morgan fingerprint density at radius 2 is 0.473 bits per heavy atom. The van der Waals surface area contributed by atoms with E-state index in [0.717, 1.165) is 50.1 Å². The van der Waals surface area contributed by atoms with Gasteiger partial charge in [-0.3, -0.25) is 0 Å². The minimum Gasteiger partial charge on any atom is -0.310 e. The van der Waals surface area contributed by atoms with Crippen molar-refractivity contribution >= 4 is 81.7 Å². The average molecular weight is 1910 g/mol. The highest BCUT2D eigenvalue weighted by Gasteiger charge is 2.51. The smallest absolute Gasteiger partial charge is 0.164 e. The summed E-state index contributed by atoms with van der Waals surface area (Å²) < 4.78 is 0. The zero-order valence-corrected chi connectivity index (χ0v) is 86.3. The van der Waals surface area contributed by atoms with Crippen molar-refractivity contribution in [2.24, 2.45) is 0 Å². The zero-order valence-electron chi connectivity index (χ0n) is 86.3. The summed E-state index contributed by atoms with van der Waals surface area (Å²) in [4.78, 5) is 32.1. The fourth-order valence-electron chi connectivity index (χ4n) is 24.6. The average Bonchev–Trinajstić information content (AvgIpc) is 1.10. The summed E-state index contributed by atoms with van der Waals surface area (Å²) in [5.41, 5.74) is 35.7. The molecular formula is C141H115N7. The van der Waals surface area contributed by atoms with Gasteiger partial charge in [0.2, 0.25) is 0 Å². The van der Waals surface area contributed by atoms with Crippen LogP contribution in [0.25, 0.3) is 200 Å². The molecule has 7 nitrogen and oxygen atoms in total. The Labute approximate surface area is 867 Å². The van der Waals surface area contributed by atoms with Crippen molar-refractivity contribution in [2.75, 3.05) is 4.90 Å². The van der Waals surface area contributed by atoms with E-state index >= 15 is 0 Å². The third-order valence-electron chi connectivity index (χ3n) is 34.8. The lowest BCUT2D eigenvalue weighted by molar-refractivity contribution is 0.299. The van der Waals surface area contributed by atoms with Crippen LogP contribution in [0.1, 0.15) is 141 Å². The molecule has 0 N–H and O–H groups in total. The van der Waals surface area contributed by atoms with Gasteiger partial charge in [0.1, 0.15) is 0 Å². The molecule has 0 saturated carbocycles. The van der Waals surface area contributed by atoms with E-state index in [1.165, 1.54) is 176 Å². The summed E-state index contributed by atoms with van der Waals surface area (Å²) in [7, 11) is 0. The molecular weight excluding hydrogens is 1790 g/mol. The predicted octanol–water partition coefficient (Wildman–Crippen LogP) is 37.2. The molecule has 4 aliphatic rings. The summed E-state index contributed by atoms with van der Waals surface area (Å²) in [6.45, 7) is 33.7. The molecule has 2 aromatic heterocycles. The Kier molecular flexibility index (Phi) is 21.9. The van der Waals surface area contributed by atoms with E-state index in [-0.39, 0.29) is 37.9 Å². The van der Waals surface area contributed by atoms with Gasteiger partial charge in [-0.15, -0.1) is 0 Å². The van der Waals surface area contributed by atoms with Gasteiger partial charge in [-0.1, -0.05) is 491 Å². The highest BCUT2D eigenvalue weighted by Crippen LogP contribution is 2.63. The molecule has 0 spiro atoms. The summed E-state index contributed by atoms with van der Waals surface area (Å²) in [5.74, 6) is 3.96. The molecule has 0 aliphatic heterocycles. The normalized spacial score (nSPS) is 14.9. The van der Waals surface area contributed by atoms with Crippen molar-refractivity contribution in [1.82, 2.24) is 29.9 Å². The first-order chi connectivity index (χ1) is 71.7. The molecule has 0 atom stereocenters. The predicted molar refractivity (Wildman–Crippen MR) is 621 cm³/mol. The Balaban J connectivity index is 0.000000115. The standard InChI is InChI=1S/2C47H37N3.C47H41N/c1-46(2)40-21-12-11-20-38(40)42-37-25-24-30-22-23-34(29-39(30)36(37)26-27-41(42)47(46,3)4)33-18-13-19-35(28-33)45-49-43(31-14-7-5-8-15-31)48-44(50-45)32-16-9-6-10-17-32;1-46(2)40-18-12-11-17-38(40)42-37-26-25-31-21-24-35(29-39(31)36(37)27-28-41(42)47(46,3)4)30-19-22-34(23-20-30)45-49-43(32-13-7-5-8-14-32)48-44(50-45)33-15-9-6-10-16-33;1-45(2)39-21-13-12-19-35(39)36-26-24-32(29-41(36)45)48(31-16-8-7-9-17-31)42-22-14-20-38-43-37-25-23-30-15-10-11-18-33(30)34(37)27-28-40(43)46(3,4)47(5,6)44(38)42/h2*5-29H,1-4H3;7-29H,1-6H3. The van der Waals surface area contributed by atoms with Crippen LogP contribution in [0.2, 0.25) is 0 Å². The SMILES string of the molecule is CC1(C)c2ccccc2-c2c(ccc3c2ccc2ccc(-c4ccc(-c5nc(-c6ccccc6)nc(-c6ccccc6)n5)cc4)cc23)C1(C)C.CC1(C)c2ccccc2-c2c(ccc3c2ccc2ccc(-c4cccc(-c5nc(-c6ccccc6)nc(-c6ccccc6)n5)c4)cc23)C1(C)C.CC1(C)c2ccccc2-c2ccc(N(c3ccccc3)c3cccc4c3C(C)(C)C(C)(C)c3ccc5c(ccc6ccccc65)c3-4)cc21. The third kappa shape index (κ3) is 14.9. The van der Waals surface area contributed by atoms with Gasteiger partial charge in [0.25, 0.3) is 0 Å². The van der Waals surface area contributed by atoms with Crippen LogP contribution in [0.3, 0.4) is 0 Å². The minimum absolute atomic E-state index is 0.00154. The summed E-state index contributed by atoms with van der Waals surface area (Å²) in [6.07, 6.45) is 0. The van der Waals surface area contributed by atoms with E-state index < -0.39 is 0 Å². The number of anilines is 3. The fraction of sp³-hybridized carbons (Fsp3) is 0.149. The molecule has 0 unspecified atom stereocenters. The second-order valence-electron chi connectivity index (χ2n) is 44.4. The Bertz CT molecular complexity index is 9160. The van der Waals surface area contributed by atoms with Gasteiger partial charge in [0, 0.05) is 55.6 Å². The van der Waals surface area contributed by atoms with Crippen LogP contribution in [-0.2, 0) is 37.9 Å². The highest BCUT2D eigenvalue weighted by atomic mass is 15.1. The molecule has 714 valence electrons. The van der Waals surface area contributed by atoms with Gasteiger partial charge in [0.15, 0.2) is 34.9 Å². The Morgan fingerprint density at radius 1 is 0.162 bits per heavy atom. The van der Waals surface area contributed by atoms with Gasteiger partial charge in [-0.05, 0) is 252 Å². The lowest BCUT2D eigenvalue weighted by Crippen LogP contribution is -2.44. The van der Waals surface area contributed by atoms with Gasteiger partial charge in [0.05, 0.1) is 5.69 Å². The molecule has 0 saturated heterocycles. The topological polar surface area (TPSA) is 80.6 Å². The fourth-order valence-corrected chi connectivity index (χ4v) is 24.6. The van der Waals surface area contributed by atoms with Gasteiger partial charge in [-0.2, -0.15) is 0 Å². The van der Waals surface area contributed by atoms with Gasteiger partial charge < -0.3 is 4.90 Å². The number of aromatic nitrogens is 6. The maximum absolute atomic E-state index is 4.98. The molecule has 7 heteroatoms. The molecule has 2 heterocycles. The van der Waals surface area contributed by atoms with Crippen LogP contribution in [0.4, 0.5) is 17.1 Å². The van der Waals surface area contributed by atoms with E-state index in [1.807, 2.05) is 121 Å². The Morgan fingerprint density at radius 3 is 0.953 bits per heavy atom. The van der Waals surface area contributed by atoms with Crippen molar-refractivity contribution < 1.29 is 0 Å². The second-order valence-corrected chi connectivity index (χ2v) is 44.4. The lowest BCUT2D eigenvalue weighted by atomic mass is 9.54. The van der Waals surface area contributed by atoms with Crippen molar-refractivity contribution in [3.63, 3.8) is 0 Å². The largest absolute Gasteiger partial charge is 0.310 e.